The highest BCUT2D eigenvalue weighted by Gasteiger charge is 2.25. The summed E-state index contributed by atoms with van der Waals surface area (Å²) in [5.74, 6) is -0.574. The van der Waals surface area contributed by atoms with Crippen molar-refractivity contribution in [3.63, 3.8) is 0 Å². The monoisotopic (exact) mass is 382 g/mol. The molecule has 1 aliphatic heterocycles. The van der Waals surface area contributed by atoms with Crippen LogP contribution in [0.3, 0.4) is 0 Å². The van der Waals surface area contributed by atoms with E-state index in [2.05, 4.69) is 5.32 Å². The predicted molar refractivity (Wildman–Crippen MR) is 104 cm³/mol. The van der Waals surface area contributed by atoms with Crippen LogP contribution in [0.2, 0.25) is 0 Å². The average Bonchev–Trinajstić information content (AvgIpc) is 2.68. The molecule has 146 valence electrons. The van der Waals surface area contributed by atoms with Crippen molar-refractivity contribution in [3.8, 4) is 5.75 Å². The number of amides is 2. The van der Waals surface area contributed by atoms with Crippen molar-refractivity contribution in [2.75, 3.05) is 30.0 Å². The number of hydrogen-bond donors (Lipinski definition) is 1. The summed E-state index contributed by atoms with van der Waals surface area (Å²) >= 11 is 0. The minimum atomic E-state index is -0.548. The number of fused-ring (bicyclic) bond motifs is 1. The Morgan fingerprint density at radius 2 is 1.82 bits per heavy atom. The van der Waals surface area contributed by atoms with E-state index in [1.54, 1.807) is 18.2 Å². The first-order valence-corrected chi connectivity index (χ1v) is 8.99. The quantitative estimate of drug-likeness (QED) is 0.777. The molecule has 0 radical (unpaired) electrons. The van der Waals surface area contributed by atoms with Gasteiger partial charge in [-0.3, -0.25) is 14.4 Å². The SMILES string of the molecule is Cc1cccc(C)c1NC(=O)COC(=O)CCN1C(=O)COc2ccccc21. The normalized spacial score (nSPS) is 12.8. The van der Waals surface area contributed by atoms with Crippen LogP contribution in [0, 0.1) is 13.8 Å². The summed E-state index contributed by atoms with van der Waals surface area (Å²) in [5.41, 5.74) is 3.21. The van der Waals surface area contributed by atoms with Crippen molar-refractivity contribution in [2.45, 2.75) is 20.3 Å². The lowest BCUT2D eigenvalue weighted by atomic mass is 10.1. The van der Waals surface area contributed by atoms with E-state index in [1.165, 1.54) is 4.90 Å². The smallest absolute Gasteiger partial charge is 0.308 e. The zero-order chi connectivity index (χ0) is 20.1. The van der Waals surface area contributed by atoms with Gasteiger partial charge in [0.05, 0.1) is 12.1 Å². The Morgan fingerprint density at radius 3 is 2.57 bits per heavy atom. The van der Waals surface area contributed by atoms with Crippen molar-refractivity contribution in [2.24, 2.45) is 0 Å². The van der Waals surface area contributed by atoms with E-state index >= 15 is 0 Å². The first kappa shape index (κ1) is 19.4. The number of nitrogens with zero attached hydrogens (tertiary/aromatic N) is 1. The Labute approximate surface area is 163 Å². The van der Waals surface area contributed by atoms with Gasteiger partial charge < -0.3 is 19.7 Å². The fraction of sp³-hybridized carbons (Fsp3) is 0.286. The number of esters is 1. The van der Waals surface area contributed by atoms with Crippen LogP contribution in [0.4, 0.5) is 11.4 Å². The predicted octanol–water partition coefficient (Wildman–Crippen LogP) is 2.60. The maximum atomic E-state index is 12.1. The Hall–Kier alpha value is -3.35. The number of para-hydroxylation sites is 3. The van der Waals surface area contributed by atoms with E-state index in [0.29, 0.717) is 11.4 Å². The van der Waals surface area contributed by atoms with Crippen molar-refractivity contribution >= 4 is 29.2 Å². The summed E-state index contributed by atoms with van der Waals surface area (Å²) in [6, 6.07) is 12.8. The highest BCUT2D eigenvalue weighted by atomic mass is 16.5. The molecule has 28 heavy (non-hydrogen) atoms. The number of nitrogens with one attached hydrogen (secondary N) is 1. The van der Waals surface area contributed by atoms with Gasteiger partial charge in [-0.15, -0.1) is 0 Å². The van der Waals surface area contributed by atoms with Gasteiger partial charge in [0.2, 0.25) is 0 Å². The minimum absolute atomic E-state index is 0.0171. The molecule has 2 aromatic carbocycles. The second-order valence-electron chi connectivity index (χ2n) is 6.53. The highest BCUT2D eigenvalue weighted by Crippen LogP contribution is 2.31. The third-order valence-corrected chi connectivity index (χ3v) is 4.46. The molecule has 0 bridgehead atoms. The molecule has 0 aromatic heterocycles. The number of benzene rings is 2. The van der Waals surface area contributed by atoms with Crippen LogP contribution in [0.15, 0.2) is 42.5 Å². The fourth-order valence-electron chi connectivity index (χ4n) is 3.01. The van der Waals surface area contributed by atoms with Crippen LogP contribution < -0.4 is 15.0 Å². The molecule has 1 aliphatic rings. The number of carbonyl (C=O) groups is 3. The lowest BCUT2D eigenvalue weighted by molar-refractivity contribution is -0.147. The maximum Gasteiger partial charge on any atom is 0.308 e. The molecule has 7 heteroatoms. The summed E-state index contributed by atoms with van der Waals surface area (Å²) in [6.45, 7) is 3.51. The second kappa shape index (κ2) is 8.56. The van der Waals surface area contributed by atoms with Gasteiger partial charge in [-0.1, -0.05) is 30.3 Å². The Morgan fingerprint density at radius 1 is 1.11 bits per heavy atom. The molecule has 0 saturated carbocycles. The van der Waals surface area contributed by atoms with E-state index in [1.807, 2.05) is 38.1 Å². The Kier molecular flexibility index (Phi) is 5.93. The zero-order valence-corrected chi connectivity index (χ0v) is 15.9. The van der Waals surface area contributed by atoms with Gasteiger partial charge in [0.15, 0.2) is 13.2 Å². The molecule has 0 atom stereocenters. The van der Waals surface area contributed by atoms with Crippen LogP contribution >= 0.6 is 0 Å². The molecule has 1 N–H and O–H groups in total. The van der Waals surface area contributed by atoms with Crippen LogP contribution in [0.25, 0.3) is 0 Å². The second-order valence-corrected chi connectivity index (χ2v) is 6.53. The van der Waals surface area contributed by atoms with Crippen molar-refractivity contribution in [3.05, 3.63) is 53.6 Å². The molecule has 1 heterocycles. The summed E-state index contributed by atoms with van der Waals surface area (Å²) in [6.07, 6.45) is -0.0171. The number of carbonyl (C=O) groups excluding carboxylic acids is 3. The lowest BCUT2D eigenvalue weighted by Crippen LogP contribution is -2.40. The van der Waals surface area contributed by atoms with E-state index in [4.69, 9.17) is 9.47 Å². The van der Waals surface area contributed by atoms with Gasteiger partial charge >= 0.3 is 5.97 Å². The van der Waals surface area contributed by atoms with Crippen LogP contribution in [0.5, 0.6) is 5.75 Å². The standard InChI is InChI=1S/C21H22N2O5/c1-14-6-5-7-15(2)21(14)22-18(24)12-28-20(26)10-11-23-16-8-3-4-9-17(16)27-13-19(23)25/h3-9H,10-13H2,1-2H3,(H,22,24). The first-order valence-electron chi connectivity index (χ1n) is 8.99. The summed E-state index contributed by atoms with van der Waals surface area (Å²) < 4.78 is 10.4. The summed E-state index contributed by atoms with van der Waals surface area (Å²) in [5, 5.41) is 2.76. The molecule has 0 unspecified atom stereocenters. The zero-order valence-electron chi connectivity index (χ0n) is 15.9. The summed E-state index contributed by atoms with van der Waals surface area (Å²) in [4.78, 5) is 37.7. The first-order chi connectivity index (χ1) is 13.5. The van der Waals surface area contributed by atoms with Crippen LogP contribution in [-0.4, -0.2) is 37.5 Å². The van der Waals surface area contributed by atoms with E-state index < -0.39 is 11.9 Å². The molecule has 0 saturated heterocycles. The highest BCUT2D eigenvalue weighted by molar-refractivity contribution is 5.98. The number of rotatable bonds is 6. The van der Waals surface area contributed by atoms with Gasteiger partial charge in [-0.25, -0.2) is 0 Å². The molecule has 7 nitrogen and oxygen atoms in total. The minimum Gasteiger partial charge on any atom is -0.482 e. The van der Waals surface area contributed by atoms with E-state index in [0.717, 1.165) is 16.8 Å². The number of hydrogen-bond acceptors (Lipinski definition) is 5. The fourth-order valence-corrected chi connectivity index (χ4v) is 3.01. The Balaban J connectivity index is 1.50. The Bertz CT molecular complexity index is 889. The topological polar surface area (TPSA) is 84.9 Å². The van der Waals surface area contributed by atoms with Crippen molar-refractivity contribution in [1.82, 2.24) is 0 Å². The van der Waals surface area contributed by atoms with E-state index in [-0.39, 0.29) is 32.1 Å². The van der Waals surface area contributed by atoms with Crippen molar-refractivity contribution in [1.29, 1.82) is 0 Å². The van der Waals surface area contributed by atoms with Crippen LogP contribution in [-0.2, 0) is 19.1 Å². The molecule has 3 rings (SSSR count). The van der Waals surface area contributed by atoms with Gasteiger partial charge in [-0.05, 0) is 37.1 Å². The van der Waals surface area contributed by atoms with E-state index in [9.17, 15) is 14.4 Å². The third-order valence-electron chi connectivity index (χ3n) is 4.46. The number of ether oxygens (including phenoxy) is 2. The molecular weight excluding hydrogens is 360 g/mol. The number of anilines is 2. The molecule has 2 aromatic rings. The van der Waals surface area contributed by atoms with Gasteiger partial charge in [-0.2, -0.15) is 0 Å². The molecule has 0 aliphatic carbocycles. The molecule has 0 spiro atoms. The summed E-state index contributed by atoms with van der Waals surface area (Å²) in [7, 11) is 0. The maximum absolute atomic E-state index is 12.1. The van der Waals surface area contributed by atoms with Gasteiger partial charge in [0.1, 0.15) is 5.75 Å². The average molecular weight is 382 g/mol. The van der Waals surface area contributed by atoms with Gasteiger partial charge in [0, 0.05) is 12.2 Å². The molecular formula is C21H22N2O5. The molecule has 2 amide bonds. The van der Waals surface area contributed by atoms with Crippen LogP contribution in [0.1, 0.15) is 17.5 Å². The third kappa shape index (κ3) is 4.49. The lowest BCUT2D eigenvalue weighted by Gasteiger charge is -2.28. The largest absolute Gasteiger partial charge is 0.482 e. The number of aryl methyl sites for hydroxylation is 2. The van der Waals surface area contributed by atoms with Gasteiger partial charge in [0.25, 0.3) is 11.8 Å². The molecule has 0 fully saturated rings. The van der Waals surface area contributed by atoms with Crippen molar-refractivity contribution < 1.29 is 23.9 Å².